The maximum absolute atomic E-state index is 5.90. The largest absolute Gasteiger partial charge is 0.375 e. The molecule has 1 aliphatic carbocycles. The van der Waals surface area contributed by atoms with Crippen LogP contribution in [0.3, 0.4) is 0 Å². The fraction of sp³-hybridized carbons (Fsp3) is 1.00. The minimum Gasteiger partial charge on any atom is -0.375 e. The summed E-state index contributed by atoms with van der Waals surface area (Å²) in [6, 6.07) is 0.732. The van der Waals surface area contributed by atoms with Gasteiger partial charge in [-0.25, -0.2) is 0 Å². The van der Waals surface area contributed by atoms with Crippen molar-refractivity contribution in [1.29, 1.82) is 0 Å². The van der Waals surface area contributed by atoms with E-state index < -0.39 is 0 Å². The molecule has 0 aromatic heterocycles. The molecule has 98 valence electrons. The molecule has 0 aromatic carbocycles. The first-order valence-electron chi connectivity index (χ1n) is 7.33. The fourth-order valence-electron chi connectivity index (χ4n) is 3.88. The minimum atomic E-state index is 0.537. The van der Waals surface area contributed by atoms with Crippen molar-refractivity contribution in [3.63, 3.8) is 0 Å². The van der Waals surface area contributed by atoms with Crippen molar-refractivity contribution in [2.24, 2.45) is 5.41 Å². The molecular weight excluding hydrogens is 212 g/mol. The summed E-state index contributed by atoms with van der Waals surface area (Å²) in [7, 11) is 0. The molecule has 2 unspecified atom stereocenters. The van der Waals surface area contributed by atoms with Crippen molar-refractivity contribution in [3.8, 4) is 0 Å². The van der Waals surface area contributed by atoms with E-state index in [4.69, 9.17) is 4.74 Å². The van der Waals surface area contributed by atoms with Crippen LogP contribution in [0.4, 0.5) is 0 Å². The molecule has 0 spiro atoms. The maximum atomic E-state index is 5.90. The lowest BCUT2D eigenvalue weighted by atomic mass is 9.80. The molecule has 3 rings (SSSR count). The van der Waals surface area contributed by atoms with Gasteiger partial charge in [-0.15, -0.1) is 0 Å². The number of nitrogens with zero attached hydrogens (tertiary/aromatic N) is 1. The predicted octanol–water partition coefficient (Wildman–Crippen LogP) is 1.63. The number of rotatable bonds is 2. The summed E-state index contributed by atoms with van der Waals surface area (Å²) in [4.78, 5) is 2.74. The summed E-state index contributed by atoms with van der Waals surface area (Å²) in [5.41, 5.74) is 0.537. The number of morpholine rings is 1. The van der Waals surface area contributed by atoms with Crippen molar-refractivity contribution in [1.82, 2.24) is 10.2 Å². The van der Waals surface area contributed by atoms with Crippen LogP contribution in [0.1, 0.15) is 39.0 Å². The zero-order valence-corrected chi connectivity index (χ0v) is 11.1. The van der Waals surface area contributed by atoms with Crippen LogP contribution in [0.15, 0.2) is 0 Å². The highest BCUT2D eigenvalue weighted by molar-refractivity contribution is 4.93. The summed E-state index contributed by atoms with van der Waals surface area (Å²) in [6.07, 6.45) is 7.24. The quantitative estimate of drug-likeness (QED) is 0.791. The zero-order valence-electron chi connectivity index (χ0n) is 11.1. The van der Waals surface area contributed by atoms with E-state index in [1.54, 1.807) is 0 Å². The Labute approximate surface area is 105 Å². The van der Waals surface area contributed by atoms with Gasteiger partial charge in [0.25, 0.3) is 0 Å². The smallest absolute Gasteiger partial charge is 0.0730 e. The molecule has 3 nitrogen and oxygen atoms in total. The Morgan fingerprint density at radius 1 is 1.29 bits per heavy atom. The normalized spacial score (nSPS) is 37.9. The van der Waals surface area contributed by atoms with E-state index >= 15 is 0 Å². The third-order valence-electron chi connectivity index (χ3n) is 4.99. The SMILES string of the molecule is CC1(CN2CCOC3CCCC32)CCNCC1. The average molecular weight is 238 g/mol. The van der Waals surface area contributed by atoms with Crippen LogP contribution < -0.4 is 5.32 Å². The molecule has 17 heavy (non-hydrogen) atoms. The number of hydrogen-bond donors (Lipinski definition) is 1. The van der Waals surface area contributed by atoms with Crippen LogP contribution in [-0.2, 0) is 4.74 Å². The second kappa shape index (κ2) is 4.87. The minimum absolute atomic E-state index is 0.537. The highest BCUT2D eigenvalue weighted by Crippen LogP contribution is 2.35. The standard InChI is InChI=1S/C14H26N2O/c1-14(5-7-15-8-6-14)11-16-9-10-17-13-4-2-3-12(13)16/h12-13,15H,2-11H2,1H3. The molecule has 2 aliphatic heterocycles. The van der Waals surface area contributed by atoms with Gasteiger partial charge in [-0.3, -0.25) is 4.90 Å². The number of piperidine rings is 1. The van der Waals surface area contributed by atoms with E-state index in [-0.39, 0.29) is 0 Å². The lowest BCUT2D eigenvalue weighted by Gasteiger charge is -2.44. The Hall–Kier alpha value is -0.120. The fourth-order valence-corrected chi connectivity index (χ4v) is 3.88. The molecule has 3 fully saturated rings. The first-order chi connectivity index (χ1) is 8.27. The average Bonchev–Trinajstić information content (AvgIpc) is 2.79. The Balaban J connectivity index is 1.63. The summed E-state index contributed by atoms with van der Waals surface area (Å²) >= 11 is 0. The monoisotopic (exact) mass is 238 g/mol. The maximum Gasteiger partial charge on any atom is 0.0730 e. The van der Waals surface area contributed by atoms with E-state index in [1.807, 2.05) is 0 Å². The van der Waals surface area contributed by atoms with Gasteiger partial charge in [0, 0.05) is 19.1 Å². The number of fused-ring (bicyclic) bond motifs is 1. The number of ether oxygens (including phenoxy) is 1. The molecule has 1 saturated carbocycles. The van der Waals surface area contributed by atoms with Gasteiger partial charge < -0.3 is 10.1 Å². The highest BCUT2D eigenvalue weighted by atomic mass is 16.5. The third-order valence-corrected chi connectivity index (χ3v) is 4.99. The molecule has 1 N–H and O–H groups in total. The van der Waals surface area contributed by atoms with Gasteiger partial charge in [-0.2, -0.15) is 0 Å². The van der Waals surface area contributed by atoms with E-state index in [0.29, 0.717) is 11.5 Å². The highest BCUT2D eigenvalue weighted by Gasteiger charge is 2.39. The van der Waals surface area contributed by atoms with Crippen molar-refractivity contribution in [2.75, 3.05) is 32.8 Å². The van der Waals surface area contributed by atoms with E-state index in [0.717, 1.165) is 19.2 Å². The molecule has 0 amide bonds. The molecule has 3 heteroatoms. The second-order valence-corrected chi connectivity index (χ2v) is 6.44. The first kappa shape index (κ1) is 11.9. The van der Waals surface area contributed by atoms with Crippen LogP contribution in [0.2, 0.25) is 0 Å². The topological polar surface area (TPSA) is 24.5 Å². The van der Waals surface area contributed by atoms with Crippen molar-refractivity contribution in [2.45, 2.75) is 51.2 Å². The van der Waals surface area contributed by atoms with Crippen LogP contribution in [-0.4, -0.2) is 49.8 Å². The summed E-state index contributed by atoms with van der Waals surface area (Å²) in [6.45, 7) is 8.29. The molecular formula is C14H26N2O. The Bertz CT molecular complexity index is 263. The number of nitrogens with one attached hydrogen (secondary N) is 1. The summed E-state index contributed by atoms with van der Waals surface area (Å²) < 4.78 is 5.90. The van der Waals surface area contributed by atoms with Crippen LogP contribution in [0.25, 0.3) is 0 Å². The first-order valence-corrected chi connectivity index (χ1v) is 7.33. The van der Waals surface area contributed by atoms with Crippen molar-refractivity contribution >= 4 is 0 Å². The molecule has 2 atom stereocenters. The van der Waals surface area contributed by atoms with Gasteiger partial charge in [0.2, 0.25) is 0 Å². The van der Waals surface area contributed by atoms with Gasteiger partial charge in [0.05, 0.1) is 12.7 Å². The van der Waals surface area contributed by atoms with Crippen molar-refractivity contribution < 1.29 is 4.74 Å². The third kappa shape index (κ3) is 2.51. The summed E-state index contributed by atoms with van der Waals surface area (Å²) in [5.74, 6) is 0. The van der Waals surface area contributed by atoms with E-state index in [9.17, 15) is 0 Å². The van der Waals surface area contributed by atoms with E-state index in [1.165, 1.54) is 51.7 Å². The van der Waals surface area contributed by atoms with Gasteiger partial charge in [-0.05, 0) is 50.6 Å². The molecule has 2 heterocycles. The Morgan fingerprint density at radius 2 is 2.12 bits per heavy atom. The van der Waals surface area contributed by atoms with Crippen molar-refractivity contribution in [3.05, 3.63) is 0 Å². The van der Waals surface area contributed by atoms with Gasteiger partial charge in [0.1, 0.15) is 0 Å². The lowest BCUT2D eigenvalue weighted by molar-refractivity contribution is -0.0697. The lowest BCUT2D eigenvalue weighted by Crippen LogP contribution is -2.53. The van der Waals surface area contributed by atoms with Gasteiger partial charge >= 0.3 is 0 Å². The Morgan fingerprint density at radius 3 is 2.94 bits per heavy atom. The van der Waals surface area contributed by atoms with E-state index in [2.05, 4.69) is 17.1 Å². The number of hydrogen-bond acceptors (Lipinski definition) is 3. The summed E-state index contributed by atoms with van der Waals surface area (Å²) in [5, 5.41) is 3.48. The molecule has 3 aliphatic rings. The molecule has 0 bridgehead atoms. The van der Waals surface area contributed by atoms with Gasteiger partial charge in [0.15, 0.2) is 0 Å². The van der Waals surface area contributed by atoms with Crippen LogP contribution in [0, 0.1) is 5.41 Å². The Kier molecular flexibility index (Phi) is 3.42. The zero-order chi connectivity index (χ0) is 11.7. The molecule has 0 radical (unpaired) electrons. The van der Waals surface area contributed by atoms with Crippen LogP contribution in [0.5, 0.6) is 0 Å². The predicted molar refractivity (Wildman–Crippen MR) is 69.2 cm³/mol. The van der Waals surface area contributed by atoms with Crippen LogP contribution >= 0.6 is 0 Å². The molecule has 0 aromatic rings. The second-order valence-electron chi connectivity index (χ2n) is 6.44. The van der Waals surface area contributed by atoms with Gasteiger partial charge in [-0.1, -0.05) is 6.92 Å². The molecule has 2 saturated heterocycles.